The molecule has 1 amide bonds. The monoisotopic (exact) mass is 473 g/mol. The lowest BCUT2D eigenvalue weighted by Gasteiger charge is -2.03. The smallest absolute Gasteiger partial charge is 0.273 e. The maximum atomic E-state index is 13.6. The summed E-state index contributed by atoms with van der Waals surface area (Å²) in [6, 6.07) is 12.9. The molecule has 3 N–H and O–H groups in total. The number of H-pyrrole nitrogens is 1. The van der Waals surface area contributed by atoms with Crippen molar-refractivity contribution in [2.45, 2.75) is 19.4 Å². The molecule has 9 nitrogen and oxygen atoms in total. The first kappa shape index (κ1) is 22.5. The van der Waals surface area contributed by atoms with Crippen LogP contribution in [0.5, 0.6) is 0 Å². The fourth-order valence-electron chi connectivity index (χ4n) is 3.70. The van der Waals surface area contributed by atoms with Crippen molar-refractivity contribution in [3.63, 3.8) is 0 Å². The molecule has 0 fully saturated rings. The van der Waals surface area contributed by atoms with Gasteiger partial charge in [0.2, 0.25) is 0 Å². The minimum Gasteiger partial charge on any atom is -0.448 e. The van der Waals surface area contributed by atoms with Crippen molar-refractivity contribution in [1.82, 2.24) is 35.1 Å². The van der Waals surface area contributed by atoms with Crippen LogP contribution in [0.15, 0.2) is 71.7 Å². The number of benzene rings is 1. The Labute approximate surface area is 200 Å². The number of hydrogen-bond donors (Lipinski definition) is 3. The minimum absolute atomic E-state index is 0.0231. The van der Waals surface area contributed by atoms with Gasteiger partial charge in [0.25, 0.3) is 5.91 Å². The van der Waals surface area contributed by atoms with Crippen LogP contribution in [-0.2, 0) is 19.4 Å². The topological polar surface area (TPSA) is 114 Å². The van der Waals surface area contributed by atoms with Gasteiger partial charge in [-0.25, -0.2) is 14.4 Å². The average Bonchev–Trinajstić information content (AvgIpc) is 3.63. The Hall–Kier alpha value is -4.31. The van der Waals surface area contributed by atoms with Gasteiger partial charge in [-0.15, -0.1) is 0 Å². The van der Waals surface area contributed by atoms with Gasteiger partial charge in [0.15, 0.2) is 11.6 Å². The molecule has 0 aliphatic rings. The van der Waals surface area contributed by atoms with Crippen molar-refractivity contribution in [1.29, 1.82) is 0 Å². The van der Waals surface area contributed by atoms with Crippen LogP contribution >= 0.6 is 0 Å². The maximum absolute atomic E-state index is 13.6. The number of amides is 1. The van der Waals surface area contributed by atoms with Crippen LogP contribution in [0.25, 0.3) is 16.7 Å². The van der Waals surface area contributed by atoms with Crippen LogP contribution in [0.3, 0.4) is 0 Å². The Bertz CT molecular complexity index is 1420. The van der Waals surface area contributed by atoms with Crippen molar-refractivity contribution in [2.75, 3.05) is 13.1 Å². The van der Waals surface area contributed by atoms with E-state index < -0.39 is 11.7 Å². The fraction of sp³-hybridized carbons (Fsp3) is 0.200. The normalized spacial score (nSPS) is 11.2. The quantitative estimate of drug-likeness (QED) is 0.269. The molecular formula is C25H24FN7O2. The third-order valence-corrected chi connectivity index (χ3v) is 5.51. The van der Waals surface area contributed by atoms with E-state index in [4.69, 9.17) is 4.42 Å². The number of hydrogen-bond acceptors (Lipinski definition) is 6. The number of aromatic amines is 1. The summed E-state index contributed by atoms with van der Waals surface area (Å²) in [5.41, 5.74) is 3.34. The summed E-state index contributed by atoms with van der Waals surface area (Å²) in [6.45, 7) is 1.34. The number of pyridine rings is 1. The summed E-state index contributed by atoms with van der Waals surface area (Å²) < 4.78 is 21.1. The van der Waals surface area contributed by atoms with Crippen LogP contribution in [0.4, 0.5) is 4.39 Å². The second kappa shape index (κ2) is 10.3. The zero-order valence-corrected chi connectivity index (χ0v) is 18.9. The van der Waals surface area contributed by atoms with Gasteiger partial charge in [0, 0.05) is 50.2 Å². The van der Waals surface area contributed by atoms with E-state index in [0.717, 1.165) is 35.5 Å². The summed E-state index contributed by atoms with van der Waals surface area (Å²) in [6.07, 6.45) is 8.07. The van der Waals surface area contributed by atoms with E-state index in [9.17, 15) is 9.18 Å². The maximum Gasteiger partial charge on any atom is 0.273 e. The van der Waals surface area contributed by atoms with Gasteiger partial charge >= 0.3 is 0 Å². The van der Waals surface area contributed by atoms with Crippen LogP contribution < -0.4 is 10.6 Å². The molecule has 178 valence electrons. The number of fused-ring (bicyclic) bond motifs is 1. The molecule has 0 bridgehead atoms. The molecule has 0 aliphatic heterocycles. The molecule has 0 radical (unpaired) electrons. The second-order valence-corrected chi connectivity index (χ2v) is 7.97. The second-order valence-electron chi connectivity index (χ2n) is 7.97. The van der Waals surface area contributed by atoms with Gasteiger partial charge in [-0.05, 0) is 42.5 Å². The van der Waals surface area contributed by atoms with Crippen molar-refractivity contribution < 1.29 is 13.6 Å². The summed E-state index contributed by atoms with van der Waals surface area (Å²) >= 11 is 0. The van der Waals surface area contributed by atoms with Crippen LogP contribution in [0, 0.1) is 5.82 Å². The number of nitrogens with zero attached hydrogens (tertiary/aromatic N) is 4. The van der Waals surface area contributed by atoms with E-state index in [-0.39, 0.29) is 17.9 Å². The Balaban J connectivity index is 1.06. The van der Waals surface area contributed by atoms with Crippen LogP contribution in [0.1, 0.15) is 27.9 Å². The highest BCUT2D eigenvalue weighted by molar-refractivity contribution is 5.91. The zero-order chi connectivity index (χ0) is 24.0. The van der Waals surface area contributed by atoms with Crippen LogP contribution in [0.2, 0.25) is 0 Å². The first-order valence-corrected chi connectivity index (χ1v) is 11.3. The highest BCUT2D eigenvalue weighted by Crippen LogP contribution is 2.17. The first-order chi connectivity index (χ1) is 17.2. The molecule has 0 saturated carbocycles. The van der Waals surface area contributed by atoms with Gasteiger partial charge in [0.1, 0.15) is 17.9 Å². The van der Waals surface area contributed by atoms with E-state index >= 15 is 0 Å². The number of rotatable bonds is 10. The zero-order valence-electron chi connectivity index (χ0n) is 18.9. The number of oxazole rings is 1. The van der Waals surface area contributed by atoms with E-state index in [2.05, 4.69) is 41.2 Å². The number of imidazole rings is 1. The minimum atomic E-state index is -0.468. The van der Waals surface area contributed by atoms with E-state index in [1.807, 2.05) is 36.7 Å². The van der Waals surface area contributed by atoms with Gasteiger partial charge in [0.05, 0.1) is 23.3 Å². The lowest BCUT2D eigenvalue weighted by atomic mass is 10.3. The lowest BCUT2D eigenvalue weighted by molar-refractivity contribution is 0.0945. The molecule has 35 heavy (non-hydrogen) atoms. The fourth-order valence-corrected chi connectivity index (χ4v) is 3.70. The molecule has 0 spiro atoms. The molecule has 0 saturated heterocycles. The third-order valence-electron chi connectivity index (χ3n) is 5.51. The van der Waals surface area contributed by atoms with Gasteiger partial charge in [-0.1, -0.05) is 0 Å². The Morgan fingerprint density at radius 3 is 2.80 bits per heavy atom. The molecule has 5 rings (SSSR count). The molecular weight excluding hydrogens is 449 g/mol. The summed E-state index contributed by atoms with van der Waals surface area (Å²) in [5.74, 6) is 0.455. The number of nitrogens with one attached hydrogen (secondary N) is 3. The predicted molar refractivity (Wildman–Crippen MR) is 128 cm³/mol. The number of carbonyl (C=O) groups excluding carboxylic acids is 1. The molecule has 5 aromatic rings. The Morgan fingerprint density at radius 1 is 1.09 bits per heavy atom. The standard InChI is InChI=1S/C25H24FN7O2/c26-18-4-3-9-28-21(18)15-29-25(34)22-16-35-24(32-22)8-11-27-10-7-23-30-19-6-5-17(14-20(19)31-23)33-12-1-2-13-33/h1-6,9,12-14,16,27H,7-8,10-11,15H2,(H,29,34)(H,30,31). The Morgan fingerprint density at radius 2 is 1.94 bits per heavy atom. The first-order valence-electron chi connectivity index (χ1n) is 11.3. The highest BCUT2D eigenvalue weighted by atomic mass is 19.1. The largest absolute Gasteiger partial charge is 0.448 e. The predicted octanol–water partition coefficient (Wildman–Crippen LogP) is 3.18. The average molecular weight is 474 g/mol. The van der Waals surface area contributed by atoms with Gasteiger partial charge in [-0.2, -0.15) is 0 Å². The number of carbonyl (C=O) groups is 1. The van der Waals surface area contributed by atoms with E-state index in [1.54, 1.807) is 0 Å². The molecule has 0 unspecified atom stereocenters. The summed E-state index contributed by atoms with van der Waals surface area (Å²) in [4.78, 5) is 28.4. The molecule has 4 aromatic heterocycles. The van der Waals surface area contributed by atoms with Gasteiger partial charge in [-0.3, -0.25) is 9.78 Å². The summed E-state index contributed by atoms with van der Waals surface area (Å²) in [5, 5.41) is 5.93. The van der Waals surface area contributed by atoms with E-state index in [0.29, 0.717) is 18.9 Å². The van der Waals surface area contributed by atoms with Crippen molar-refractivity contribution in [3.05, 3.63) is 96.2 Å². The number of halogens is 1. The SMILES string of the molecule is O=C(NCc1ncccc1F)c1coc(CCNCCc2nc3ccc(-n4cccc4)cc3[nH]2)n1. The third kappa shape index (κ3) is 5.44. The molecule has 10 heteroatoms. The van der Waals surface area contributed by atoms with E-state index in [1.165, 1.54) is 24.6 Å². The van der Waals surface area contributed by atoms with Crippen molar-refractivity contribution in [3.8, 4) is 5.69 Å². The van der Waals surface area contributed by atoms with Gasteiger partial charge < -0.3 is 24.6 Å². The lowest BCUT2D eigenvalue weighted by Crippen LogP contribution is -2.24. The summed E-state index contributed by atoms with van der Waals surface area (Å²) in [7, 11) is 0. The molecule has 0 atom stereocenters. The molecule has 0 aliphatic carbocycles. The van der Waals surface area contributed by atoms with Crippen molar-refractivity contribution in [2.24, 2.45) is 0 Å². The number of aromatic nitrogens is 5. The molecule has 4 heterocycles. The van der Waals surface area contributed by atoms with Crippen LogP contribution in [-0.4, -0.2) is 43.5 Å². The molecule has 1 aromatic carbocycles. The van der Waals surface area contributed by atoms with Crippen molar-refractivity contribution >= 4 is 16.9 Å². The highest BCUT2D eigenvalue weighted by Gasteiger charge is 2.13. The Kier molecular flexibility index (Phi) is 6.62.